The molecule has 3 heteroatoms. The average Bonchev–Trinajstić information content (AvgIpc) is 2.23. The summed E-state index contributed by atoms with van der Waals surface area (Å²) in [7, 11) is 0. The highest BCUT2D eigenvalue weighted by atomic mass is 16.5. The lowest BCUT2D eigenvalue weighted by Crippen LogP contribution is -2.51. The fraction of sp³-hybridized carbons (Fsp3) is 1.00. The first-order valence-electron chi connectivity index (χ1n) is 5.89. The Bertz CT molecular complexity index is 169. The minimum atomic E-state index is 0.714. The number of nitrogens with one attached hydrogen (secondary N) is 1. The molecule has 0 aromatic rings. The second-order valence-electron chi connectivity index (χ2n) is 4.60. The predicted molar refractivity (Wildman–Crippen MR) is 57.4 cm³/mol. The first-order valence-corrected chi connectivity index (χ1v) is 5.89. The third-order valence-corrected chi connectivity index (χ3v) is 3.47. The highest BCUT2D eigenvalue weighted by Crippen LogP contribution is 2.17. The van der Waals surface area contributed by atoms with Gasteiger partial charge in [0.2, 0.25) is 0 Å². The SMILES string of the molecule is C[C@H]1CNCCN1CC1CCOCC1. The molecule has 2 heterocycles. The van der Waals surface area contributed by atoms with Crippen molar-refractivity contribution in [1.29, 1.82) is 0 Å². The maximum absolute atomic E-state index is 5.38. The third kappa shape index (κ3) is 2.69. The van der Waals surface area contributed by atoms with Crippen LogP contribution in [0, 0.1) is 5.92 Å². The van der Waals surface area contributed by atoms with Crippen LogP contribution in [0.2, 0.25) is 0 Å². The van der Waals surface area contributed by atoms with Crippen LogP contribution in [-0.4, -0.2) is 50.3 Å². The molecule has 3 nitrogen and oxygen atoms in total. The Morgan fingerprint density at radius 2 is 2.14 bits per heavy atom. The zero-order chi connectivity index (χ0) is 9.80. The van der Waals surface area contributed by atoms with Crippen molar-refractivity contribution in [2.45, 2.75) is 25.8 Å². The molecular formula is C11H22N2O. The smallest absolute Gasteiger partial charge is 0.0469 e. The van der Waals surface area contributed by atoms with E-state index in [1.165, 1.54) is 25.9 Å². The summed E-state index contributed by atoms with van der Waals surface area (Å²) in [4.78, 5) is 2.63. The predicted octanol–water partition coefficient (Wildman–Crippen LogP) is 0.707. The largest absolute Gasteiger partial charge is 0.381 e. The summed E-state index contributed by atoms with van der Waals surface area (Å²) in [5, 5.41) is 3.44. The van der Waals surface area contributed by atoms with Crippen molar-refractivity contribution in [3.8, 4) is 0 Å². The van der Waals surface area contributed by atoms with Crippen molar-refractivity contribution < 1.29 is 4.74 Å². The van der Waals surface area contributed by atoms with Crippen LogP contribution in [0.25, 0.3) is 0 Å². The molecule has 2 saturated heterocycles. The monoisotopic (exact) mass is 198 g/mol. The molecule has 82 valence electrons. The van der Waals surface area contributed by atoms with Crippen LogP contribution in [-0.2, 0) is 4.74 Å². The van der Waals surface area contributed by atoms with Gasteiger partial charge in [0.1, 0.15) is 0 Å². The maximum atomic E-state index is 5.38. The second kappa shape index (κ2) is 5.10. The molecule has 14 heavy (non-hydrogen) atoms. The number of rotatable bonds is 2. The zero-order valence-corrected chi connectivity index (χ0v) is 9.17. The van der Waals surface area contributed by atoms with Crippen LogP contribution in [0.1, 0.15) is 19.8 Å². The maximum Gasteiger partial charge on any atom is 0.0469 e. The van der Waals surface area contributed by atoms with Gasteiger partial charge in [-0.05, 0) is 25.7 Å². The molecule has 0 radical (unpaired) electrons. The van der Waals surface area contributed by atoms with E-state index in [1.54, 1.807) is 0 Å². The van der Waals surface area contributed by atoms with Gasteiger partial charge in [0, 0.05) is 45.4 Å². The first kappa shape index (κ1) is 10.4. The van der Waals surface area contributed by atoms with Gasteiger partial charge in [-0.3, -0.25) is 4.90 Å². The Labute approximate surface area is 86.8 Å². The van der Waals surface area contributed by atoms with Crippen LogP contribution >= 0.6 is 0 Å². The number of piperazine rings is 1. The lowest BCUT2D eigenvalue weighted by molar-refractivity contribution is 0.0430. The Morgan fingerprint density at radius 1 is 1.36 bits per heavy atom. The minimum Gasteiger partial charge on any atom is -0.381 e. The van der Waals surface area contributed by atoms with Gasteiger partial charge in [-0.15, -0.1) is 0 Å². The summed E-state index contributed by atoms with van der Waals surface area (Å²) in [6.07, 6.45) is 2.52. The molecule has 0 aliphatic carbocycles. The summed E-state index contributed by atoms with van der Waals surface area (Å²) < 4.78 is 5.38. The van der Waals surface area contributed by atoms with Gasteiger partial charge in [-0.2, -0.15) is 0 Å². The molecule has 0 aromatic carbocycles. The summed E-state index contributed by atoms with van der Waals surface area (Å²) in [5.41, 5.74) is 0. The van der Waals surface area contributed by atoms with Crippen molar-refractivity contribution in [2.75, 3.05) is 39.4 Å². The van der Waals surface area contributed by atoms with Crippen molar-refractivity contribution in [2.24, 2.45) is 5.92 Å². The Kier molecular flexibility index (Phi) is 3.79. The number of hydrogen-bond donors (Lipinski definition) is 1. The Morgan fingerprint density at radius 3 is 2.86 bits per heavy atom. The zero-order valence-electron chi connectivity index (χ0n) is 9.17. The topological polar surface area (TPSA) is 24.5 Å². The van der Waals surface area contributed by atoms with E-state index in [9.17, 15) is 0 Å². The van der Waals surface area contributed by atoms with E-state index in [4.69, 9.17) is 4.74 Å². The van der Waals surface area contributed by atoms with Crippen molar-refractivity contribution >= 4 is 0 Å². The molecule has 0 saturated carbocycles. The number of nitrogens with zero attached hydrogens (tertiary/aromatic N) is 1. The lowest BCUT2D eigenvalue weighted by atomic mass is 9.98. The second-order valence-corrected chi connectivity index (χ2v) is 4.60. The molecule has 0 aromatic heterocycles. The van der Waals surface area contributed by atoms with E-state index in [2.05, 4.69) is 17.1 Å². The van der Waals surface area contributed by atoms with Crippen LogP contribution in [0.4, 0.5) is 0 Å². The van der Waals surface area contributed by atoms with E-state index >= 15 is 0 Å². The average molecular weight is 198 g/mol. The van der Waals surface area contributed by atoms with E-state index in [-0.39, 0.29) is 0 Å². The van der Waals surface area contributed by atoms with Crippen molar-refractivity contribution in [3.63, 3.8) is 0 Å². The van der Waals surface area contributed by atoms with Gasteiger partial charge in [0.15, 0.2) is 0 Å². The van der Waals surface area contributed by atoms with Crippen LogP contribution in [0.5, 0.6) is 0 Å². The van der Waals surface area contributed by atoms with E-state index in [0.29, 0.717) is 6.04 Å². The Hall–Kier alpha value is -0.120. The standard InChI is InChI=1S/C11H22N2O/c1-10-8-12-4-5-13(10)9-11-2-6-14-7-3-11/h10-12H,2-9H2,1H3/t10-/m0/s1. The van der Waals surface area contributed by atoms with Crippen molar-refractivity contribution in [1.82, 2.24) is 10.2 Å². The minimum absolute atomic E-state index is 0.714. The summed E-state index contributed by atoms with van der Waals surface area (Å²) in [6.45, 7) is 9.10. The van der Waals surface area contributed by atoms with Gasteiger partial charge in [-0.1, -0.05) is 0 Å². The van der Waals surface area contributed by atoms with Gasteiger partial charge >= 0.3 is 0 Å². The Balaban J connectivity index is 1.76. The molecule has 2 aliphatic rings. The van der Waals surface area contributed by atoms with E-state index < -0.39 is 0 Å². The van der Waals surface area contributed by atoms with E-state index in [1.807, 2.05) is 0 Å². The molecule has 0 unspecified atom stereocenters. The molecule has 2 rings (SSSR count). The summed E-state index contributed by atoms with van der Waals surface area (Å²) in [6, 6.07) is 0.714. The molecule has 0 amide bonds. The van der Waals surface area contributed by atoms with Crippen LogP contribution < -0.4 is 5.32 Å². The molecule has 1 N–H and O–H groups in total. The van der Waals surface area contributed by atoms with Gasteiger partial charge in [0.05, 0.1) is 0 Å². The van der Waals surface area contributed by atoms with Crippen molar-refractivity contribution in [3.05, 3.63) is 0 Å². The highest BCUT2D eigenvalue weighted by molar-refractivity contribution is 4.78. The van der Waals surface area contributed by atoms with Gasteiger partial charge < -0.3 is 10.1 Å². The molecule has 2 fully saturated rings. The highest BCUT2D eigenvalue weighted by Gasteiger charge is 2.22. The number of hydrogen-bond acceptors (Lipinski definition) is 3. The quantitative estimate of drug-likeness (QED) is 0.707. The molecule has 2 aliphatic heterocycles. The van der Waals surface area contributed by atoms with Crippen LogP contribution in [0.3, 0.4) is 0 Å². The van der Waals surface area contributed by atoms with E-state index in [0.717, 1.165) is 32.2 Å². The third-order valence-electron chi connectivity index (χ3n) is 3.47. The number of ether oxygens (including phenoxy) is 1. The summed E-state index contributed by atoms with van der Waals surface area (Å²) in [5.74, 6) is 0.879. The summed E-state index contributed by atoms with van der Waals surface area (Å²) >= 11 is 0. The van der Waals surface area contributed by atoms with Gasteiger partial charge in [-0.25, -0.2) is 0 Å². The fourth-order valence-electron chi connectivity index (χ4n) is 2.41. The van der Waals surface area contributed by atoms with Crippen LogP contribution in [0.15, 0.2) is 0 Å². The molecule has 0 spiro atoms. The lowest BCUT2D eigenvalue weighted by Gasteiger charge is -2.37. The molecule has 1 atom stereocenters. The fourth-order valence-corrected chi connectivity index (χ4v) is 2.41. The first-order chi connectivity index (χ1) is 6.86. The normalized spacial score (nSPS) is 31.9. The van der Waals surface area contributed by atoms with Gasteiger partial charge in [0.25, 0.3) is 0 Å². The molecule has 0 bridgehead atoms. The molecular weight excluding hydrogens is 176 g/mol.